The van der Waals surface area contributed by atoms with E-state index in [1.165, 1.54) is 11.8 Å². The summed E-state index contributed by atoms with van der Waals surface area (Å²) in [4.78, 5) is 11.3. The zero-order valence-corrected chi connectivity index (χ0v) is 12.2. The van der Waals surface area contributed by atoms with Crippen LogP contribution in [0.2, 0.25) is 0 Å². The highest BCUT2D eigenvalue weighted by Crippen LogP contribution is 2.26. The molecule has 108 valence electrons. The number of H-pyrrole nitrogens is 1. The first-order valence-electron chi connectivity index (χ1n) is 6.67. The fourth-order valence-electron chi connectivity index (χ4n) is 2.09. The smallest absolute Gasteiger partial charge is 0.277 e. The molecule has 1 aromatic carbocycles. The molecule has 0 amide bonds. The van der Waals surface area contributed by atoms with Gasteiger partial charge < -0.3 is 9.40 Å². The maximum absolute atomic E-state index is 5.66. The van der Waals surface area contributed by atoms with Crippen molar-refractivity contribution < 1.29 is 4.42 Å². The molecule has 0 atom stereocenters. The summed E-state index contributed by atoms with van der Waals surface area (Å²) in [5.74, 6) is 1.26. The molecule has 22 heavy (non-hydrogen) atoms. The van der Waals surface area contributed by atoms with Gasteiger partial charge >= 0.3 is 0 Å². The van der Waals surface area contributed by atoms with Crippen molar-refractivity contribution >= 4 is 22.8 Å². The summed E-state index contributed by atoms with van der Waals surface area (Å²) in [5, 5.41) is 8.67. The monoisotopic (exact) mass is 309 g/mol. The zero-order chi connectivity index (χ0) is 14.8. The molecule has 0 saturated carbocycles. The van der Waals surface area contributed by atoms with Crippen LogP contribution in [0.4, 0.5) is 0 Å². The van der Waals surface area contributed by atoms with Gasteiger partial charge in [-0.15, -0.1) is 10.2 Å². The van der Waals surface area contributed by atoms with E-state index in [2.05, 4.69) is 37.3 Å². The summed E-state index contributed by atoms with van der Waals surface area (Å²) in [5.41, 5.74) is 4.02. The number of fused-ring (bicyclic) bond motifs is 1. The third-order valence-corrected chi connectivity index (χ3v) is 4.07. The molecule has 0 aliphatic carbocycles. The van der Waals surface area contributed by atoms with Crippen molar-refractivity contribution in [2.24, 2.45) is 0 Å². The van der Waals surface area contributed by atoms with Crippen molar-refractivity contribution in [1.82, 2.24) is 25.1 Å². The van der Waals surface area contributed by atoms with E-state index in [1.54, 1.807) is 18.7 Å². The van der Waals surface area contributed by atoms with E-state index < -0.39 is 0 Å². The Kier molecular flexibility index (Phi) is 3.32. The van der Waals surface area contributed by atoms with Gasteiger partial charge in [0.25, 0.3) is 5.22 Å². The predicted octanol–water partition coefficient (Wildman–Crippen LogP) is 3.30. The number of hydrogen-bond donors (Lipinski definition) is 1. The molecule has 1 N–H and O–H groups in total. The van der Waals surface area contributed by atoms with Gasteiger partial charge in [-0.05, 0) is 29.8 Å². The van der Waals surface area contributed by atoms with Gasteiger partial charge in [0.2, 0.25) is 5.89 Å². The first-order chi connectivity index (χ1) is 10.9. The van der Waals surface area contributed by atoms with Crippen molar-refractivity contribution in [3.05, 3.63) is 54.6 Å². The van der Waals surface area contributed by atoms with E-state index in [0.717, 1.165) is 27.9 Å². The van der Waals surface area contributed by atoms with Gasteiger partial charge in [0.05, 0.1) is 17.4 Å². The summed E-state index contributed by atoms with van der Waals surface area (Å²) in [7, 11) is 0. The number of aromatic amines is 1. The van der Waals surface area contributed by atoms with Crippen molar-refractivity contribution in [2.45, 2.75) is 11.0 Å². The Labute approximate surface area is 130 Å². The Balaban J connectivity index is 1.48. The molecule has 0 radical (unpaired) electrons. The van der Waals surface area contributed by atoms with Gasteiger partial charge in [-0.3, -0.25) is 4.98 Å². The first kappa shape index (κ1) is 13.0. The van der Waals surface area contributed by atoms with Crippen molar-refractivity contribution in [3.8, 4) is 11.5 Å². The average molecular weight is 309 g/mol. The standard InChI is InChI=1S/C15H11N5OS/c1-2-12-13(18-9-17-12)7-10(1)8-22-15-20-19-14(21-15)11-3-5-16-6-4-11/h1-7,9H,8H2,(H,17,18). The lowest BCUT2D eigenvalue weighted by Crippen LogP contribution is -1.81. The lowest BCUT2D eigenvalue weighted by molar-refractivity contribution is 0.466. The summed E-state index contributed by atoms with van der Waals surface area (Å²) in [6, 6.07) is 9.82. The third-order valence-electron chi connectivity index (χ3n) is 3.18. The van der Waals surface area contributed by atoms with Gasteiger partial charge in [0.1, 0.15) is 0 Å². The van der Waals surface area contributed by atoms with E-state index in [0.29, 0.717) is 11.1 Å². The molecule has 7 heteroatoms. The van der Waals surface area contributed by atoms with Crippen LogP contribution >= 0.6 is 11.8 Å². The van der Waals surface area contributed by atoms with Gasteiger partial charge in [0, 0.05) is 23.7 Å². The normalized spacial score (nSPS) is 11.1. The fourth-order valence-corrected chi connectivity index (χ4v) is 2.80. The summed E-state index contributed by atoms with van der Waals surface area (Å²) >= 11 is 1.51. The van der Waals surface area contributed by atoms with E-state index in [1.807, 2.05) is 18.2 Å². The number of nitrogens with one attached hydrogen (secondary N) is 1. The Morgan fingerprint density at radius 3 is 2.91 bits per heavy atom. The molecular formula is C15H11N5OS. The maximum Gasteiger partial charge on any atom is 0.277 e. The van der Waals surface area contributed by atoms with Crippen molar-refractivity contribution in [3.63, 3.8) is 0 Å². The maximum atomic E-state index is 5.66. The molecule has 3 heterocycles. The summed E-state index contributed by atoms with van der Waals surface area (Å²) < 4.78 is 5.66. The minimum atomic E-state index is 0.507. The molecule has 0 saturated heterocycles. The summed E-state index contributed by atoms with van der Waals surface area (Å²) in [6.07, 6.45) is 5.09. The highest BCUT2D eigenvalue weighted by atomic mass is 32.2. The molecule has 0 aliphatic heterocycles. The van der Waals surface area contributed by atoms with E-state index >= 15 is 0 Å². The quantitative estimate of drug-likeness (QED) is 0.583. The van der Waals surface area contributed by atoms with Crippen LogP contribution in [-0.2, 0) is 5.75 Å². The Bertz CT molecular complexity index is 902. The second-order valence-corrected chi connectivity index (χ2v) is 5.58. The minimum Gasteiger partial charge on any atom is -0.411 e. The van der Waals surface area contributed by atoms with Crippen LogP contribution in [-0.4, -0.2) is 25.1 Å². The second kappa shape index (κ2) is 5.61. The van der Waals surface area contributed by atoms with Crippen LogP contribution in [0.25, 0.3) is 22.5 Å². The predicted molar refractivity (Wildman–Crippen MR) is 83.2 cm³/mol. The molecular weight excluding hydrogens is 298 g/mol. The average Bonchev–Trinajstić information content (AvgIpc) is 3.22. The lowest BCUT2D eigenvalue weighted by atomic mass is 10.2. The van der Waals surface area contributed by atoms with Crippen LogP contribution in [0.15, 0.2) is 58.7 Å². The van der Waals surface area contributed by atoms with Crippen LogP contribution in [0.5, 0.6) is 0 Å². The van der Waals surface area contributed by atoms with Gasteiger partial charge in [-0.2, -0.15) is 0 Å². The Morgan fingerprint density at radius 1 is 1.09 bits per heavy atom. The van der Waals surface area contributed by atoms with Crippen LogP contribution < -0.4 is 0 Å². The molecule has 4 rings (SSSR count). The van der Waals surface area contributed by atoms with Gasteiger partial charge in [0.15, 0.2) is 0 Å². The van der Waals surface area contributed by atoms with Crippen LogP contribution in [0.3, 0.4) is 0 Å². The molecule has 4 aromatic rings. The molecule has 0 fully saturated rings. The van der Waals surface area contributed by atoms with Crippen molar-refractivity contribution in [2.75, 3.05) is 0 Å². The highest BCUT2D eigenvalue weighted by Gasteiger charge is 2.09. The van der Waals surface area contributed by atoms with Gasteiger partial charge in [-0.1, -0.05) is 17.8 Å². The van der Waals surface area contributed by atoms with Crippen LogP contribution in [0, 0.1) is 0 Å². The minimum absolute atomic E-state index is 0.507. The lowest BCUT2D eigenvalue weighted by Gasteiger charge is -1.98. The molecule has 0 bridgehead atoms. The number of benzene rings is 1. The molecule has 6 nitrogen and oxygen atoms in total. The zero-order valence-electron chi connectivity index (χ0n) is 11.4. The number of pyridine rings is 1. The number of hydrogen-bond acceptors (Lipinski definition) is 6. The number of nitrogens with zero attached hydrogens (tertiary/aromatic N) is 4. The Morgan fingerprint density at radius 2 is 2.00 bits per heavy atom. The van der Waals surface area contributed by atoms with Gasteiger partial charge in [-0.25, -0.2) is 4.98 Å². The number of aromatic nitrogens is 5. The number of rotatable bonds is 4. The SMILES string of the molecule is c1cc(-c2nnc(SCc3ccc4[nH]cnc4c3)o2)ccn1. The number of thioether (sulfide) groups is 1. The second-order valence-electron chi connectivity index (χ2n) is 4.65. The van der Waals surface area contributed by atoms with Crippen molar-refractivity contribution in [1.29, 1.82) is 0 Å². The van der Waals surface area contributed by atoms with E-state index in [-0.39, 0.29) is 0 Å². The first-order valence-corrected chi connectivity index (χ1v) is 7.66. The molecule has 0 aliphatic rings. The highest BCUT2D eigenvalue weighted by molar-refractivity contribution is 7.98. The summed E-state index contributed by atoms with van der Waals surface area (Å²) in [6.45, 7) is 0. The largest absolute Gasteiger partial charge is 0.411 e. The molecule has 3 aromatic heterocycles. The number of imidazole rings is 1. The molecule has 0 unspecified atom stereocenters. The van der Waals surface area contributed by atoms with Crippen LogP contribution in [0.1, 0.15) is 5.56 Å². The van der Waals surface area contributed by atoms with E-state index in [4.69, 9.17) is 4.42 Å². The third kappa shape index (κ3) is 2.58. The fraction of sp³-hybridized carbons (Fsp3) is 0.0667. The van der Waals surface area contributed by atoms with E-state index in [9.17, 15) is 0 Å². The molecule has 0 spiro atoms. The topological polar surface area (TPSA) is 80.5 Å². The Hall–Kier alpha value is -2.67.